The van der Waals surface area contributed by atoms with Crippen LogP contribution < -0.4 is 11.1 Å². The molecule has 0 fully saturated rings. The lowest BCUT2D eigenvalue weighted by atomic mass is 9.89. The number of nitrogens with two attached hydrogens (primary N) is 1. The Bertz CT molecular complexity index is 541. The minimum absolute atomic E-state index is 0.0248. The van der Waals surface area contributed by atoms with Gasteiger partial charge < -0.3 is 11.1 Å². The molecule has 21 heavy (non-hydrogen) atoms. The van der Waals surface area contributed by atoms with E-state index in [0.29, 0.717) is 10.7 Å². The summed E-state index contributed by atoms with van der Waals surface area (Å²) < 4.78 is 0. The molecule has 0 aromatic heterocycles. The lowest BCUT2D eigenvalue weighted by Crippen LogP contribution is -2.32. The molecule has 0 saturated heterocycles. The molecule has 1 aromatic rings. The molecule has 1 aromatic carbocycles. The minimum atomic E-state index is -0.277. The summed E-state index contributed by atoms with van der Waals surface area (Å²) in [7, 11) is 0. The summed E-state index contributed by atoms with van der Waals surface area (Å²) in [4.78, 5) is 16.6. The number of carbonyl (C=O) groups is 1. The van der Waals surface area contributed by atoms with Gasteiger partial charge in [0.25, 0.3) is 5.91 Å². The Hall–Kier alpha value is -1.49. The second-order valence-corrected chi connectivity index (χ2v) is 6.80. The predicted octanol–water partition coefficient (Wildman–Crippen LogP) is 2.88. The van der Waals surface area contributed by atoms with E-state index in [1.165, 1.54) is 0 Å². The third-order valence-electron chi connectivity index (χ3n) is 3.95. The molecule has 1 amide bonds. The van der Waals surface area contributed by atoms with Crippen molar-refractivity contribution in [2.24, 2.45) is 10.7 Å². The Morgan fingerprint density at radius 1 is 1.48 bits per heavy atom. The van der Waals surface area contributed by atoms with Crippen molar-refractivity contribution in [1.82, 2.24) is 5.32 Å². The van der Waals surface area contributed by atoms with Crippen LogP contribution in [0.2, 0.25) is 0 Å². The van der Waals surface area contributed by atoms with Gasteiger partial charge in [0.15, 0.2) is 5.17 Å². The van der Waals surface area contributed by atoms with Gasteiger partial charge in [0.05, 0.1) is 5.54 Å². The average Bonchev–Trinajstić information content (AvgIpc) is 2.47. The monoisotopic (exact) mass is 305 g/mol. The van der Waals surface area contributed by atoms with Crippen LogP contribution in [-0.4, -0.2) is 22.9 Å². The average molecular weight is 305 g/mol. The van der Waals surface area contributed by atoms with Gasteiger partial charge in [-0.15, -0.1) is 0 Å². The van der Waals surface area contributed by atoms with E-state index in [-0.39, 0.29) is 17.5 Å². The van der Waals surface area contributed by atoms with E-state index in [0.717, 1.165) is 24.2 Å². The highest BCUT2D eigenvalue weighted by molar-refractivity contribution is 8.13. The van der Waals surface area contributed by atoms with Crippen LogP contribution in [0.25, 0.3) is 0 Å². The zero-order valence-electron chi connectivity index (χ0n) is 12.8. The number of hydrogen-bond donors (Lipinski definition) is 2. The number of thioether (sulfide) groups is 1. The third-order valence-corrected chi connectivity index (χ3v) is 4.75. The van der Waals surface area contributed by atoms with Gasteiger partial charge in [0.2, 0.25) is 0 Å². The van der Waals surface area contributed by atoms with Crippen LogP contribution in [0.15, 0.2) is 29.3 Å². The van der Waals surface area contributed by atoms with Crippen molar-refractivity contribution in [3.63, 3.8) is 0 Å². The van der Waals surface area contributed by atoms with E-state index in [9.17, 15) is 4.79 Å². The number of nitrogens with one attached hydrogen (secondary N) is 1. The fourth-order valence-electron chi connectivity index (χ4n) is 2.28. The number of amidine groups is 1. The first kappa shape index (κ1) is 15.9. The lowest BCUT2D eigenvalue weighted by molar-refractivity contribution is 0.0939. The van der Waals surface area contributed by atoms with Gasteiger partial charge in [-0.2, -0.15) is 0 Å². The van der Waals surface area contributed by atoms with E-state index >= 15 is 0 Å². The molecule has 5 heteroatoms. The molecule has 1 aliphatic heterocycles. The number of benzene rings is 1. The number of nitrogens with zero attached hydrogens (tertiary/aromatic N) is 1. The first-order valence-electron chi connectivity index (χ1n) is 7.34. The van der Waals surface area contributed by atoms with E-state index in [4.69, 9.17) is 5.73 Å². The summed E-state index contributed by atoms with van der Waals surface area (Å²) in [5, 5.41) is 3.61. The first-order chi connectivity index (χ1) is 9.94. The summed E-state index contributed by atoms with van der Waals surface area (Å²) >= 11 is 1.60. The molecule has 0 saturated carbocycles. The van der Waals surface area contributed by atoms with Crippen LogP contribution in [0.4, 0.5) is 0 Å². The maximum absolute atomic E-state index is 12.1. The number of carbonyl (C=O) groups excluding carboxylic acids is 1. The standard InChI is InChI=1S/C16H23N3OS/c1-4-11(2)18-14(20)12-5-7-13(8-6-12)16(3)9-10-21-15(17)19-16/h5-8,11H,4,9-10H2,1-3H3,(H2,17,19)(H,18,20). The largest absolute Gasteiger partial charge is 0.379 e. The van der Waals surface area contributed by atoms with Gasteiger partial charge in [0, 0.05) is 17.4 Å². The second-order valence-electron chi connectivity index (χ2n) is 5.68. The molecule has 4 nitrogen and oxygen atoms in total. The van der Waals surface area contributed by atoms with Crippen molar-refractivity contribution >= 4 is 22.8 Å². The van der Waals surface area contributed by atoms with Crippen LogP contribution in [-0.2, 0) is 5.54 Å². The van der Waals surface area contributed by atoms with Crippen molar-refractivity contribution in [3.8, 4) is 0 Å². The van der Waals surface area contributed by atoms with Gasteiger partial charge in [-0.1, -0.05) is 30.8 Å². The van der Waals surface area contributed by atoms with E-state index in [1.54, 1.807) is 11.8 Å². The summed E-state index contributed by atoms with van der Waals surface area (Å²) in [5.74, 6) is 0.950. The van der Waals surface area contributed by atoms with Crippen molar-refractivity contribution in [2.45, 2.75) is 45.2 Å². The normalized spacial score (nSPS) is 23.3. The van der Waals surface area contributed by atoms with Crippen LogP contribution >= 0.6 is 11.8 Å². The molecule has 0 radical (unpaired) electrons. The highest BCUT2D eigenvalue weighted by Gasteiger charge is 2.29. The quantitative estimate of drug-likeness (QED) is 0.899. The molecule has 1 aliphatic rings. The molecule has 2 atom stereocenters. The molecular weight excluding hydrogens is 282 g/mol. The zero-order chi connectivity index (χ0) is 15.5. The van der Waals surface area contributed by atoms with Crippen LogP contribution in [0.1, 0.15) is 49.5 Å². The summed E-state index contributed by atoms with van der Waals surface area (Å²) in [5.41, 5.74) is 7.36. The maximum Gasteiger partial charge on any atom is 0.251 e. The molecular formula is C16H23N3OS. The third kappa shape index (κ3) is 3.79. The Labute approximate surface area is 130 Å². The lowest BCUT2D eigenvalue weighted by Gasteiger charge is -2.29. The smallest absolute Gasteiger partial charge is 0.251 e. The predicted molar refractivity (Wildman–Crippen MR) is 89.7 cm³/mol. The summed E-state index contributed by atoms with van der Waals surface area (Å²) in [6.45, 7) is 6.15. The van der Waals surface area contributed by atoms with Crippen LogP contribution in [0.3, 0.4) is 0 Å². The van der Waals surface area contributed by atoms with Gasteiger partial charge in [-0.3, -0.25) is 9.79 Å². The molecule has 0 spiro atoms. The minimum Gasteiger partial charge on any atom is -0.379 e. The molecule has 2 unspecified atom stereocenters. The molecule has 2 rings (SSSR count). The first-order valence-corrected chi connectivity index (χ1v) is 8.32. The van der Waals surface area contributed by atoms with Crippen molar-refractivity contribution in [2.75, 3.05) is 5.75 Å². The number of hydrogen-bond acceptors (Lipinski definition) is 4. The Kier molecular flexibility index (Phi) is 4.93. The Balaban J connectivity index is 2.15. The number of aliphatic imine (C=N–C) groups is 1. The van der Waals surface area contributed by atoms with Gasteiger partial charge in [0.1, 0.15) is 0 Å². The van der Waals surface area contributed by atoms with Crippen LogP contribution in [0.5, 0.6) is 0 Å². The van der Waals surface area contributed by atoms with Gasteiger partial charge >= 0.3 is 0 Å². The topological polar surface area (TPSA) is 67.5 Å². The van der Waals surface area contributed by atoms with Gasteiger partial charge in [-0.25, -0.2) is 0 Å². The molecule has 114 valence electrons. The number of rotatable bonds is 4. The van der Waals surface area contributed by atoms with Gasteiger partial charge in [-0.05, 0) is 44.4 Å². The molecule has 0 bridgehead atoms. The highest BCUT2D eigenvalue weighted by Crippen LogP contribution is 2.34. The Morgan fingerprint density at radius 2 is 2.14 bits per heavy atom. The molecule has 1 heterocycles. The maximum atomic E-state index is 12.1. The summed E-state index contributed by atoms with van der Waals surface area (Å²) in [6, 6.07) is 7.89. The van der Waals surface area contributed by atoms with Crippen molar-refractivity contribution in [1.29, 1.82) is 0 Å². The molecule has 3 N–H and O–H groups in total. The molecule has 0 aliphatic carbocycles. The SMILES string of the molecule is CCC(C)NC(=O)c1ccc(C2(C)CCSC(N)=N2)cc1. The fourth-order valence-corrected chi connectivity index (χ4v) is 3.26. The Morgan fingerprint density at radius 3 is 2.71 bits per heavy atom. The van der Waals surface area contributed by atoms with E-state index < -0.39 is 0 Å². The van der Waals surface area contributed by atoms with Crippen molar-refractivity contribution in [3.05, 3.63) is 35.4 Å². The second kappa shape index (κ2) is 6.52. The zero-order valence-corrected chi connectivity index (χ0v) is 13.7. The van der Waals surface area contributed by atoms with Crippen molar-refractivity contribution < 1.29 is 4.79 Å². The van der Waals surface area contributed by atoms with E-state index in [2.05, 4.69) is 24.2 Å². The fraction of sp³-hybridized carbons (Fsp3) is 0.500. The van der Waals surface area contributed by atoms with Crippen LogP contribution in [0, 0.1) is 0 Å². The summed E-state index contributed by atoms with van der Waals surface area (Å²) in [6.07, 6.45) is 1.88. The number of amides is 1. The van der Waals surface area contributed by atoms with E-state index in [1.807, 2.05) is 31.2 Å². The highest BCUT2D eigenvalue weighted by atomic mass is 32.2.